The van der Waals surface area contributed by atoms with Crippen molar-refractivity contribution in [1.29, 1.82) is 0 Å². The molecule has 5 rings (SSSR count). The topological polar surface area (TPSA) is 363 Å². The van der Waals surface area contributed by atoms with Crippen LogP contribution in [0, 0.1) is 25.1 Å². The lowest BCUT2D eigenvalue weighted by Gasteiger charge is -2.30. The van der Waals surface area contributed by atoms with Crippen molar-refractivity contribution in [1.82, 2.24) is 19.5 Å². The summed E-state index contributed by atoms with van der Waals surface area (Å²) >= 11 is 0. The highest BCUT2D eigenvalue weighted by Crippen LogP contribution is 2.66. The third-order valence-corrected chi connectivity index (χ3v) is 10.3. The molecular weight excluding hydrogens is 697 g/mol. The average molecular weight is 717 g/mol. The van der Waals surface area contributed by atoms with Gasteiger partial charge >= 0.3 is 41.0 Å². The average Bonchev–Trinajstić information content (AvgIpc) is 3.58. The van der Waals surface area contributed by atoms with E-state index in [0.717, 1.165) is 25.8 Å². The number of nitrogens with two attached hydrogens (primary N) is 1. The molecule has 1 aliphatic carbocycles. The summed E-state index contributed by atoms with van der Waals surface area (Å²) in [5.74, 6) is -2.91. The molecule has 2 aromatic heterocycles. The number of likely N-dealkylation sites (N-methyl/N-ethyl adjacent to an activating group) is 1. The number of aromatic nitrogens is 4. The van der Waals surface area contributed by atoms with Crippen LogP contribution in [0.1, 0.15) is 6.23 Å². The van der Waals surface area contributed by atoms with E-state index in [4.69, 9.17) is 29.7 Å². The van der Waals surface area contributed by atoms with Gasteiger partial charge in [0.25, 0.3) is 5.70 Å². The first-order chi connectivity index (χ1) is 21.2. The van der Waals surface area contributed by atoms with Gasteiger partial charge in [0, 0.05) is 14.6 Å². The number of nitro groups is 2. The van der Waals surface area contributed by atoms with Gasteiger partial charge in [-0.25, -0.2) is 28.6 Å². The summed E-state index contributed by atoms with van der Waals surface area (Å²) in [6, 6.07) is -2.22. The number of nitrogens with zero attached hydrogens (tertiary/aromatic N) is 7. The molecule has 8 atom stereocenters. The lowest BCUT2D eigenvalue weighted by atomic mass is 9.96. The van der Waals surface area contributed by atoms with Crippen LogP contribution in [0.2, 0.25) is 0 Å². The zero-order valence-corrected chi connectivity index (χ0v) is 25.1. The fourth-order valence-corrected chi connectivity index (χ4v) is 7.87. The van der Waals surface area contributed by atoms with Crippen molar-refractivity contribution in [3.63, 3.8) is 0 Å². The maximum Gasteiger partial charge on any atom is 0.490 e. The number of anilines is 1. The second-order valence-corrected chi connectivity index (χ2v) is 13.9. The molecule has 26 nitrogen and oxygen atoms in total. The third-order valence-electron chi connectivity index (χ3n) is 6.53. The van der Waals surface area contributed by atoms with Crippen LogP contribution in [0.4, 0.5) is 5.82 Å². The van der Waals surface area contributed by atoms with Crippen LogP contribution < -0.4 is 5.73 Å². The molecule has 0 radical (unpaired) electrons. The van der Waals surface area contributed by atoms with E-state index in [-0.39, 0.29) is 21.7 Å². The Bertz CT molecular complexity index is 1840. The molecule has 4 unspecified atom stereocenters. The third kappa shape index (κ3) is 6.39. The number of rotatable bonds is 11. The highest BCUT2D eigenvalue weighted by Gasteiger charge is 2.72. The van der Waals surface area contributed by atoms with Crippen LogP contribution in [0.5, 0.6) is 0 Å². The molecule has 4 heterocycles. The Kier molecular flexibility index (Phi) is 8.57. The highest BCUT2D eigenvalue weighted by molar-refractivity contribution is 7.66. The predicted molar refractivity (Wildman–Crippen MR) is 139 cm³/mol. The Balaban J connectivity index is 1.53. The van der Waals surface area contributed by atoms with Gasteiger partial charge in [0.1, 0.15) is 30.2 Å². The van der Waals surface area contributed by atoms with Gasteiger partial charge in [0.2, 0.25) is 0 Å². The van der Waals surface area contributed by atoms with Crippen molar-refractivity contribution in [2.24, 2.45) is 0 Å². The molecular formula is C17H20N8O18P3+. The van der Waals surface area contributed by atoms with E-state index in [0.29, 0.717) is 6.08 Å². The van der Waals surface area contributed by atoms with Gasteiger partial charge in [0.05, 0.1) is 30.0 Å². The largest absolute Gasteiger partial charge is 0.490 e. The van der Waals surface area contributed by atoms with Crippen molar-refractivity contribution in [2.75, 3.05) is 19.4 Å². The molecule has 0 bridgehead atoms. The van der Waals surface area contributed by atoms with E-state index in [1.165, 1.54) is 4.57 Å². The predicted octanol–water partition coefficient (Wildman–Crippen LogP) is -0.758. The molecule has 0 amide bonds. The van der Waals surface area contributed by atoms with E-state index in [1.54, 1.807) is 0 Å². The van der Waals surface area contributed by atoms with Crippen LogP contribution in [0.3, 0.4) is 0 Å². The smallest absolute Gasteiger partial charge is 0.382 e. The van der Waals surface area contributed by atoms with E-state index in [9.17, 15) is 48.6 Å². The SMILES string of the molecule is C[N+](=O)C1=CC([N+](=O)[O-])C2(O[C@@H]3[C@H](O2)[C@@H](COP(=O)(O)OP(=O)(O)OP(=O)(O)O)O[C@H]3n2cnc3c(N)ncnc32)C([N+](=O)[O-])=C1. The molecule has 0 saturated carbocycles. The monoisotopic (exact) mass is 717 g/mol. The van der Waals surface area contributed by atoms with E-state index >= 15 is 0 Å². The van der Waals surface area contributed by atoms with Crippen molar-refractivity contribution in [3.05, 3.63) is 61.3 Å². The van der Waals surface area contributed by atoms with Crippen LogP contribution in [-0.4, -0.2) is 97.5 Å². The van der Waals surface area contributed by atoms with Crippen molar-refractivity contribution in [2.45, 2.75) is 36.4 Å². The Morgan fingerprint density at radius 3 is 2.33 bits per heavy atom. The Morgan fingerprint density at radius 2 is 1.72 bits per heavy atom. The number of hydrogen-bond acceptors (Lipinski definition) is 18. The van der Waals surface area contributed by atoms with E-state index < -0.39 is 87.7 Å². The first kappa shape index (κ1) is 33.9. The normalized spacial score (nSPS) is 30.3. The molecule has 29 heteroatoms. The minimum absolute atomic E-state index is 0.00371. The minimum Gasteiger partial charge on any atom is -0.382 e. The second-order valence-electron chi connectivity index (χ2n) is 9.47. The van der Waals surface area contributed by atoms with Gasteiger partial charge in [-0.1, -0.05) is 0 Å². The van der Waals surface area contributed by atoms with Crippen LogP contribution in [-0.2, 0) is 41.1 Å². The maximum atomic E-state index is 12.4. The van der Waals surface area contributed by atoms with Gasteiger partial charge < -0.3 is 39.5 Å². The lowest BCUT2D eigenvalue weighted by Crippen LogP contribution is -2.53. The number of allylic oxidation sites excluding steroid dienone is 1. The summed E-state index contributed by atoms with van der Waals surface area (Å²) in [6.07, 6.45) is -2.75. The zero-order chi connectivity index (χ0) is 34.0. The molecule has 2 fully saturated rings. The molecule has 2 aromatic rings. The van der Waals surface area contributed by atoms with E-state index in [1.807, 2.05) is 0 Å². The molecule has 2 aliphatic heterocycles. The Labute approximate surface area is 252 Å². The van der Waals surface area contributed by atoms with Gasteiger partial charge in [-0.15, -0.1) is 0 Å². The van der Waals surface area contributed by atoms with Gasteiger partial charge in [-0.05, 0) is 0 Å². The quantitative estimate of drug-likeness (QED) is 0.0825. The summed E-state index contributed by atoms with van der Waals surface area (Å²) in [5, 5.41) is 24.4. The molecule has 250 valence electrons. The van der Waals surface area contributed by atoms with Crippen molar-refractivity contribution < 1.29 is 75.2 Å². The van der Waals surface area contributed by atoms with Crippen LogP contribution in [0.25, 0.3) is 11.2 Å². The summed E-state index contributed by atoms with van der Waals surface area (Å²) < 4.78 is 66.0. The standard InChI is InChI=1S/C17H19N8O18P3/c1-22(26)7-2-9(24(27)28)17(10(3-7)25(29)30)40-12-8(4-38-45(34,35)43-46(36,37)42-44(31,32)33)39-16(13(12)41-17)23-6-21-11-14(18)19-5-20-15(11)23/h2-3,5-6,8-9,12-13,16H,4H2,1H3,(H5-,18,19,20,31,32,33,34,35,36,37)/p+1/t8-,9?,12-,13-,16-,17?/m1/s1. The number of nitrogen functional groups attached to an aromatic ring is 1. The highest BCUT2D eigenvalue weighted by atomic mass is 31.3. The Hall–Kier alpha value is -3.48. The zero-order valence-electron chi connectivity index (χ0n) is 22.5. The molecule has 2 saturated heterocycles. The van der Waals surface area contributed by atoms with Gasteiger partial charge in [-0.3, -0.25) is 29.3 Å². The first-order valence-corrected chi connectivity index (χ1v) is 16.6. The Morgan fingerprint density at radius 1 is 1.04 bits per heavy atom. The number of fused-ring (bicyclic) bond motifs is 2. The molecule has 46 heavy (non-hydrogen) atoms. The minimum atomic E-state index is -5.91. The lowest BCUT2D eigenvalue weighted by molar-refractivity contribution is -0.570. The molecule has 3 aliphatic rings. The summed E-state index contributed by atoms with van der Waals surface area (Å²) in [5.41, 5.74) is 4.33. The van der Waals surface area contributed by atoms with Crippen molar-refractivity contribution in [3.8, 4) is 0 Å². The second kappa shape index (κ2) is 11.6. The fraction of sp³-hybridized carbons (Fsp3) is 0.471. The van der Waals surface area contributed by atoms with Crippen LogP contribution in [0.15, 0.2) is 36.2 Å². The van der Waals surface area contributed by atoms with Crippen LogP contribution >= 0.6 is 23.5 Å². The number of ether oxygens (including phenoxy) is 3. The first-order valence-electron chi connectivity index (χ1n) is 12.1. The van der Waals surface area contributed by atoms with Gasteiger partial charge in [-0.2, -0.15) is 8.62 Å². The fourth-order valence-electron chi connectivity index (χ4n) is 4.84. The molecule has 6 N–H and O–H groups in total. The maximum absolute atomic E-state index is 12.4. The number of hydrogen-bond donors (Lipinski definition) is 5. The summed E-state index contributed by atoms with van der Waals surface area (Å²) in [6.45, 7) is -1.14. The number of phosphoric acid groups is 3. The summed E-state index contributed by atoms with van der Waals surface area (Å²) in [7, 11) is -16.4. The van der Waals surface area contributed by atoms with Crippen molar-refractivity contribution >= 4 is 40.4 Å². The van der Waals surface area contributed by atoms with Gasteiger partial charge in [0.15, 0.2) is 24.7 Å². The molecule has 0 aromatic carbocycles. The number of phosphoric ester groups is 1. The van der Waals surface area contributed by atoms with E-state index in [2.05, 4.69) is 28.1 Å². The summed E-state index contributed by atoms with van der Waals surface area (Å²) in [4.78, 5) is 83.0. The molecule has 1 spiro atoms. The number of imidazole rings is 1. The number of nitroso groups, excluding NO2 is 1.